The Balaban J connectivity index is 1.32. The van der Waals surface area contributed by atoms with Crippen molar-refractivity contribution in [3.63, 3.8) is 0 Å². The summed E-state index contributed by atoms with van der Waals surface area (Å²) in [6.45, 7) is 2.12. The molecule has 9 nitrogen and oxygen atoms in total. The second kappa shape index (κ2) is 9.80. The second-order valence-electron chi connectivity index (χ2n) is 8.09. The molecule has 1 N–H and O–H groups in total. The average molecular weight is 493 g/mol. The van der Waals surface area contributed by atoms with Crippen molar-refractivity contribution < 1.29 is 21.6 Å². The molecule has 0 atom stereocenters. The molecule has 2 fully saturated rings. The molecule has 2 aliphatic rings. The zero-order valence-electron chi connectivity index (χ0n) is 18.3. The molecule has 2 aromatic carbocycles. The van der Waals surface area contributed by atoms with Gasteiger partial charge < -0.3 is 10.2 Å². The van der Waals surface area contributed by atoms with Gasteiger partial charge >= 0.3 is 0 Å². The van der Waals surface area contributed by atoms with Crippen LogP contribution in [-0.4, -0.2) is 82.1 Å². The standard InChI is InChI=1S/C22H28N4O5S2/c27-22(24-13-15-26(16-14-24)32(28,29)20-8-2-1-3-9-20)18-23-19-7-6-10-21(17-19)33(30,31)25-11-4-5-12-25/h1-3,6-10,17,23H,4-5,11-16,18H2. The van der Waals surface area contributed by atoms with Crippen LogP contribution in [0.3, 0.4) is 0 Å². The number of sulfonamides is 2. The number of carbonyl (C=O) groups excluding carboxylic acids is 1. The molecule has 0 unspecified atom stereocenters. The summed E-state index contributed by atoms with van der Waals surface area (Å²) >= 11 is 0. The summed E-state index contributed by atoms with van der Waals surface area (Å²) in [5, 5.41) is 3.01. The fourth-order valence-corrected chi connectivity index (χ4v) is 7.06. The number of benzene rings is 2. The molecular formula is C22H28N4O5S2. The van der Waals surface area contributed by atoms with Crippen LogP contribution in [0.4, 0.5) is 5.69 Å². The molecule has 1 amide bonds. The summed E-state index contributed by atoms with van der Waals surface area (Å²) in [6, 6.07) is 14.7. The summed E-state index contributed by atoms with van der Waals surface area (Å²) in [5.74, 6) is -0.167. The van der Waals surface area contributed by atoms with Crippen molar-refractivity contribution in [2.75, 3.05) is 51.1 Å². The van der Waals surface area contributed by atoms with Gasteiger partial charge in [-0.1, -0.05) is 24.3 Å². The molecule has 0 aromatic heterocycles. The van der Waals surface area contributed by atoms with Crippen LogP contribution in [0.5, 0.6) is 0 Å². The highest BCUT2D eigenvalue weighted by molar-refractivity contribution is 7.89. The minimum atomic E-state index is -3.57. The highest BCUT2D eigenvalue weighted by Gasteiger charge is 2.30. The zero-order valence-corrected chi connectivity index (χ0v) is 19.9. The number of nitrogens with one attached hydrogen (secondary N) is 1. The van der Waals surface area contributed by atoms with Crippen molar-refractivity contribution in [1.29, 1.82) is 0 Å². The Morgan fingerprint density at radius 3 is 1.97 bits per heavy atom. The van der Waals surface area contributed by atoms with E-state index in [2.05, 4.69) is 5.32 Å². The maximum absolute atomic E-state index is 12.8. The number of carbonyl (C=O) groups is 1. The molecule has 0 aliphatic carbocycles. The van der Waals surface area contributed by atoms with Gasteiger partial charge in [0.05, 0.1) is 16.3 Å². The molecule has 0 spiro atoms. The van der Waals surface area contributed by atoms with E-state index in [9.17, 15) is 21.6 Å². The third kappa shape index (κ3) is 5.21. The van der Waals surface area contributed by atoms with E-state index in [0.29, 0.717) is 31.9 Å². The molecule has 11 heteroatoms. The Kier molecular flexibility index (Phi) is 7.03. The largest absolute Gasteiger partial charge is 0.376 e. The molecule has 2 saturated heterocycles. The van der Waals surface area contributed by atoms with E-state index in [1.54, 1.807) is 59.5 Å². The van der Waals surface area contributed by atoms with E-state index in [1.165, 1.54) is 8.61 Å². The third-order valence-corrected chi connectivity index (χ3v) is 9.76. The van der Waals surface area contributed by atoms with E-state index in [1.807, 2.05) is 0 Å². The Morgan fingerprint density at radius 1 is 0.727 bits per heavy atom. The van der Waals surface area contributed by atoms with Crippen molar-refractivity contribution in [2.45, 2.75) is 22.6 Å². The number of nitrogens with zero attached hydrogens (tertiary/aromatic N) is 3. The number of rotatable bonds is 7. The van der Waals surface area contributed by atoms with Crippen molar-refractivity contribution in [1.82, 2.24) is 13.5 Å². The molecule has 0 bridgehead atoms. The lowest BCUT2D eigenvalue weighted by Gasteiger charge is -2.34. The highest BCUT2D eigenvalue weighted by Crippen LogP contribution is 2.23. The Hall–Kier alpha value is -2.47. The minimum absolute atomic E-state index is 0.00134. The normalized spacial score (nSPS) is 18.4. The number of anilines is 1. The first-order valence-electron chi connectivity index (χ1n) is 11.0. The number of amides is 1. The molecular weight excluding hydrogens is 464 g/mol. The Bertz CT molecular complexity index is 1190. The lowest BCUT2D eigenvalue weighted by Crippen LogP contribution is -2.51. The Morgan fingerprint density at radius 2 is 1.30 bits per heavy atom. The molecule has 2 aromatic rings. The molecule has 4 rings (SSSR count). The van der Waals surface area contributed by atoms with Gasteiger partial charge in [0.25, 0.3) is 0 Å². The van der Waals surface area contributed by atoms with Crippen molar-refractivity contribution in [2.24, 2.45) is 0 Å². The first-order valence-corrected chi connectivity index (χ1v) is 13.8. The second-order valence-corrected chi connectivity index (χ2v) is 12.0. The van der Waals surface area contributed by atoms with E-state index in [-0.39, 0.29) is 35.3 Å². The summed E-state index contributed by atoms with van der Waals surface area (Å²) in [5.41, 5.74) is 0.550. The quantitative estimate of drug-likeness (QED) is 0.627. The van der Waals surface area contributed by atoms with Crippen LogP contribution >= 0.6 is 0 Å². The van der Waals surface area contributed by atoms with Crippen LogP contribution < -0.4 is 5.32 Å². The van der Waals surface area contributed by atoms with Crippen molar-refractivity contribution in [3.8, 4) is 0 Å². The van der Waals surface area contributed by atoms with Gasteiger partial charge in [0.15, 0.2) is 0 Å². The van der Waals surface area contributed by atoms with Crippen molar-refractivity contribution >= 4 is 31.6 Å². The van der Waals surface area contributed by atoms with Gasteiger partial charge in [0.2, 0.25) is 26.0 Å². The fourth-order valence-electron chi connectivity index (χ4n) is 4.05. The van der Waals surface area contributed by atoms with Crippen LogP contribution in [0.2, 0.25) is 0 Å². The monoisotopic (exact) mass is 492 g/mol. The molecule has 2 aliphatic heterocycles. The van der Waals surface area contributed by atoms with Gasteiger partial charge in [0, 0.05) is 45.0 Å². The van der Waals surface area contributed by atoms with Crippen LogP contribution in [0.25, 0.3) is 0 Å². The van der Waals surface area contributed by atoms with Gasteiger partial charge in [-0.2, -0.15) is 8.61 Å². The maximum atomic E-state index is 12.8. The lowest BCUT2D eigenvalue weighted by atomic mass is 10.3. The summed E-state index contributed by atoms with van der Waals surface area (Å²) in [7, 11) is -7.10. The van der Waals surface area contributed by atoms with Gasteiger partial charge in [-0.15, -0.1) is 0 Å². The predicted molar refractivity (Wildman–Crippen MR) is 125 cm³/mol. The summed E-state index contributed by atoms with van der Waals surface area (Å²) < 4.78 is 53.9. The molecule has 178 valence electrons. The Labute approximate surface area is 195 Å². The third-order valence-electron chi connectivity index (χ3n) is 5.95. The van der Waals surface area contributed by atoms with Gasteiger partial charge in [-0.3, -0.25) is 4.79 Å². The van der Waals surface area contributed by atoms with E-state index in [0.717, 1.165) is 12.8 Å². The van der Waals surface area contributed by atoms with Crippen LogP contribution in [0.15, 0.2) is 64.4 Å². The first-order chi connectivity index (χ1) is 15.8. The molecule has 0 radical (unpaired) electrons. The molecule has 33 heavy (non-hydrogen) atoms. The van der Waals surface area contributed by atoms with Crippen molar-refractivity contribution in [3.05, 3.63) is 54.6 Å². The molecule has 2 heterocycles. The predicted octanol–water partition coefficient (Wildman–Crippen LogP) is 1.42. The van der Waals surface area contributed by atoms with E-state index < -0.39 is 20.0 Å². The van der Waals surface area contributed by atoms with Gasteiger partial charge in [-0.05, 0) is 43.2 Å². The van der Waals surface area contributed by atoms with E-state index >= 15 is 0 Å². The average Bonchev–Trinajstić information content (AvgIpc) is 3.39. The number of hydrogen-bond acceptors (Lipinski definition) is 6. The zero-order chi connectivity index (χ0) is 23.5. The van der Waals surface area contributed by atoms with Crippen LogP contribution in [-0.2, 0) is 24.8 Å². The van der Waals surface area contributed by atoms with E-state index in [4.69, 9.17) is 0 Å². The maximum Gasteiger partial charge on any atom is 0.243 e. The summed E-state index contributed by atoms with van der Waals surface area (Å²) in [4.78, 5) is 14.7. The fraction of sp³-hybridized carbons (Fsp3) is 0.409. The van der Waals surface area contributed by atoms with Gasteiger partial charge in [0.1, 0.15) is 0 Å². The number of piperazine rings is 1. The minimum Gasteiger partial charge on any atom is -0.376 e. The first kappa shape index (κ1) is 23.7. The molecule has 0 saturated carbocycles. The smallest absolute Gasteiger partial charge is 0.243 e. The topological polar surface area (TPSA) is 107 Å². The summed E-state index contributed by atoms with van der Waals surface area (Å²) in [6.07, 6.45) is 1.73. The van der Waals surface area contributed by atoms with Crippen LogP contribution in [0.1, 0.15) is 12.8 Å². The van der Waals surface area contributed by atoms with Gasteiger partial charge in [-0.25, -0.2) is 16.8 Å². The lowest BCUT2D eigenvalue weighted by molar-refractivity contribution is -0.130. The van der Waals surface area contributed by atoms with Crippen LogP contribution in [0, 0.1) is 0 Å². The highest BCUT2D eigenvalue weighted by atomic mass is 32.2. The number of hydrogen-bond donors (Lipinski definition) is 1. The SMILES string of the molecule is O=C(CNc1cccc(S(=O)(=O)N2CCCC2)c1)N1CCN(S(=O)(=O)c2ccccc2)CC1.